The average Bonchev–Trinajstić information content (AvgIpc) is 2.48. The molecule has 0 radical (unpaired) electrons. The van der Waals surface area contributed by atoms with E-state index in [1.807, 2.05) is 12.2 Å². The zero-order chi connectivity index (χ0) is 12.3. The normalized spacial score (nSPS) is 12.2. The van der Waals surface area contributed by atoms with E-state index in [0.717, 1.165) is 5.82 Å². The molecule has 0 aliphatic carbocycles. The molecule has 0 fully saturated rings. The Bertz CT molecular complexity index is 417. The number of aromatic nitrogens is 3. The lowest BCUT2D eigenvalue weighted by molar-refractivity contribution is -0.119. The van der Waals surface area contributed by atoms with E-state index in [-0.39, 0.29) is 0 Å². The van der Waals surface area contributed by atoms with Gasteiger partial charge < -0.3 is 10.3 Å². The minimum atomic E-state index is -0.855. The first kappa shape index (κ1) is 12.5. The van der Waals surface area contributed by atoms with Gasteiger partial charge in [-0.2, -0.15) is 0 Å². The van der Waals surface area contributed by atoms with Crippen molar-refractivity contribution < 1.29 is 9.59 Å². The minimum Gasteiger partial charge on any atom is -0.351 e. The molecule has 0 aliphatic rings. The number of imide groups is 1. The van der Waals surface area contributed by atoms with Crippen LogP contribution in [0.25, 0.3) is 0 Å². The number of hydrogen-bond donors (Lipinski definition) is 2. The maximum atomic E-state index is 11.4. The van der Waals surface area contributed by atoms with Crippen LogP contribution in [0.5, 0.6) is 0 Å². The van der Waals surface area contributed by atoms with Crippen LogP contribution < -0.4 is 11.1 Å². The summed E-state index contributed by atoms with van der Waals surface area (Å²) in [7, 11) is 1.80. The number of urea groups is 1. The van der Waals surface area contributed by atoms with Crippen molar-refractivity contribution in [3.8, 4) is 0 Å². The molecule has 7 nitrogen and oxygen atoms in total. The summed E-state index contributed by atoms with van der Waals surface area (Å²) in [4.78, 5) is 21.9. The number of nitrogens with two attached hydrogens (primary N) is 1. The van der Waals surface area contributed by atoms with E-state index < -0.39 is 17.2 Å². The molecular weight excluding hydrogens is 230 g/mol. The van der Waals surface area contributed by atoms with Crippen molar-refractivity contribution in [2.45, 2.75) is 24.3 Å². The Morgan fingerprint density at radius 2 is 2.12 bits per heavy atom. The van der Waals surface area contributed by atoms with Crippen molar-refractivity contribution in [2.24, 2.45) is 12.8 Å². The number of nitrogens with zero attached hydrogens (tertiary/aromatic N) is 3. The van der Waals surface area contributed by atoms with Gasteiger partial charge in [-0.15, -0.1) is 10.2 Å². The van der Waals surface area contributed by atoms with Gasteiger partial charge in [-0.25, -0.2) is 4.79 Å². The van der Waals surface area contributed by atoms with E-state index in [0.29, 0.717) is 5.16 Å². The number of thioether (sulfide) groups is 1. The monoisotopic (exact) mass is 243 g/mol. The Kier molecular flexibility index (Phi) is 3.88. The quantitative estimate of drug-likeness (QED) is 0.715. The number of amides is 3. The van der Waals surface area contributed by atoms with E-state index >= 15 is 0 Å². The van der Waals surface area contributed by atoms with Crippen LogP contribution in [0.4, 0.5) is 4.79 Å². The summed E-state index contributed by atoms with van der Waals surface area (Å²) in [5.41, 5.74) is 4.85. The van der Waals surface area contributed by atoms with Crippen LogP contribution in [0.3, 0.4) is 0 Å². The predicted molar refractivity (Wildman–Crippen MR) is 58.8 cm³/mol. The third-order valence-corrected chi connectivity index (χ3v) is 3.08. The van der Waals surface area contributed by atoms with Crippen LogP contribution in [0.1, 0.15) is 12.7 Å². The number of carbonyl (C=O) groups is 2. The zero-order valence-electron chi connectivity index (χ0n) is 9.22. The molecule has 0 bridgehead atoms. The highest BCUT2D eigenvalue weighted by Gasteiger charge is 2.18. The SMILES string of the molecule is Cc1nnc(S[C@H](C)C(=O)NC(N)=O)n1C. The number of aryl methyl sites for hydroxylation is 1. The molecule has 1 rings (SSSR count). The van der Waals surface area contributed by atoms with E-state index in [9.17, 15) is 9.59 Å². The van der Waals surface area contributed by atoms with E-state index in [1.54, 1.807) is 18.5 Å². The van der Waals surface area contributed by atoms with Crippen LogP contribution >= 0.6 is 11.8 Å². The highest BCUT2D eigenvalue weighted by molar-refractivity contribution is 8.00. The largest absolute Gasteiger partial charge is 0.351 e. The van der Waals surface area contributed by atoms with Gasteiger partial charge in [0.1, 0.15) is 5.82 Å². The van der Waals surface area contributed by atoms with Crippen molar-refractivity contribution in [3.05, 3.63) is 5.82 Å². The van der Waals surface area contributed by atoms with E-state index in [4.69, 9.17) is 5.73 Å². The number of carbonyl (C=O) groups excluding carboxylic acids is 2. The molecule has 0 saturated heterocycles. The smallest absolute Gasteiger partial charge is 0.318 e. The van der Waals surface area contributed by atoms with Gasteiger partial charge in [0.25, 0.3) is 0 Å². The Balaban J connectivity index is 2.64. The topological polar surface area (TPSA) is 103 Å². The predicted octanol–water partition coefficient (Wildman–Crippen LogP) is -0.201. The second-order valence-electron chi connectivity index (χ2n) is 3.20. The zero-order valence-corrected chi connectivity index (χ0v) is 10.0. The van der Waals surface area contributed by atoms with Crippen molar-refractivity contribution in [1.29, 1.82) is 0 Å². The summed E-state index contributed by atoms with van der Waals surface area (Å²) in [5.74, 6) is 0.308. The fourth-order valence-electron chi connectivity index (χ4n) is 0.925. The Morgan fingerprint density at radius 3 is 2.56 bits per heavy atom. The third-order valence-electron chi connectivity index (χ3n) is 1.95. The summed E-state index contributed by atoms with van der Waals surface area (Å²) in [5, 5.41) is 9.92. The first-order chi connectivity index (χ1) is 7.41. The van der Waals surface area contributed by atoms with Gasteiger partial charge in [-0.3, -0.25) is 10.1 Å². The van der Waals surface area contributed by atoms with Crippen LogP contribution in [-0.2, 0) is 11.8 Å². The van der Waals surface area contributed by atoms with Gasteiger partial charge in [0, 0.05) is 7.05 Å². The number of rotatable bonds is 3. The third kappa shape index (κ3) is 2.96. The summed E-state index contributed by atoms with van der Waals surface area (Å²) >= 11 is 1.21. The molecule has 0 unspecified atom stereocenters. The number of hydrogen-bond acceptors (Lipinski definition) is 5. The highest BCUT2D eigenvalue weighted by Crippen LogP contribution is 2.20. The summed E-state index contributed by atoms with van der Waals surface area (Å²) < 4.78 is 1.76. The molecule has 0 saturated carbocycles. The van der Waals surface area contributed by atoms with Crippen molar-refractivity contribution in [1.82, 2.24) is 20.1 Å². The lowest BCUT2D eigenvalue weighted by Crippen LogP contribution is -2.39. The van der Waals surface area contributed by atoms with Gasteiger partial charge in [0.05, 0.1) is 5.25 Å². The number of nitrogens with one attached hydrogen (secondary N) is 1. The van der Waals surface area contributed by atoms with Crippen molar-refractivity contribution in [2.75, 3.05) is 0 Å². The molecule has 16 heavy (non-hydrogen) atoms. The van der Waals surface area contributed by atoms with Crippen LogP contribution in [-0.4, -0.2) is 32.0 Å². The van der Waals surface area contributed by atoms with Crippen LogP contribution in [0.2, 0.25) is 0 Å². The Morgan fingerprint density at radius 1 is 1.50 bits per heavy atom. The highest BCUT2D eigenvalue weighted by atomic mass is 32.2. The molecule has 0 aliphatic heterocycles. The molecule has 8 heteroatoms. The second-order valence-corrected chi connectivity index (χ2v) is 4.51. The van der Waals surface area contributed by atoms with E-state index in [1.165, 1.54) is 11.8 Å². The number of primary amides is 1. The molecule has 1 heterocycles. The summed E-state index contributed by atoms with van der Waals surface area (Å²) in [6.45, 7) is 3.47. The van der Waals surface area contributed by atoms with Crippen LogP contribution in [0, 0.1) is 6.92 Å². The molecular formula is C8H13N5O2S. The van der Waals surface area contributed by atoms with Gasteiger partial charge >= 0.3 is 6.03 Å². The fraction of sp³-hybridized carbons (Fsp3) is 0.500. The Hall–Kier alpha value is -1.57. The maximum absolute atomic E-state index is 11.4. The summed E-state index contributed by atoms with van der Waals surface area (Å²) in [6, 6.07) is -0.855. The first-order valence-corrected chi connectivity index (χ1v) is 5.42. The van der Waals surface area contributed by atoms with Gasteiger partial charge in [0.2, 0.25) is 5.91 Å². The van der Waals surface area contributed by atoms with Crippen molar-refractivity contribution >= 4 is 23.7 Å². The lowest BCUT2D eigenvalue weighted by Gasteiger charge is -2.08. The standard InChI is InChI=1S/C8H13N5O2S/c1-4(6(14)10-7(9)15)16-8-12-11-5(2)13(8)3/h4H,1-3H3,(H3,9,10,14,15)/t4-/m1/s1. The fourth-order valence-corrected chi connectivity index (χ4v) is 1.79. The minimum absolute atomic E-state index is 0.446. The lowest BCUT2D eigenvalue weighted by atomic mass is 10.4. The molecule has 88 valence electrons. The Labute approximate surface area is 96.8 Å². The maximum Gasteiger partial charge on any atom is 0.318 e. The van der Waals surface area contributed by atoms with Gasteiger partial charge in [0.15, 0.2) is 5.16 Å². The average molecular weight is 243 g/mol. The van der Waals surface area contributed by atoms with Crippen LogP contribution in [0.15, 0.2) is 5.16 Å². The molecule has 3 N–H and O–H groups in total. The molecule has 0 spiro atoms. The molecule has 1 aromatic rings. The van der Waals surface area contributed by atoms with Gasteiger partial charge in [-0.05, 0) is 13.8 Å². The molecule has 1 atom stereocenters. The summed E-state index contributed by atoms with van der Waals surface area (Å²) in [6.07, 6.45) is 0. The van der Waals surface area contributed by atoms with E-state index in [2.05, 4.69) is 10.2 Å². The molecule has 1 aromatic heterocycles. The van der Waals surface area contributed by atoms with Crippen molar-refractivity contribution in [3.63, 3.8) is 0 Å². The molecule has 3 amide bonds. The van der Waals surface area contributed by atoms with Gasteiger partial charge in [-0.1, -0.05) is 11.8 Å². The molecule has 0 aromatic carbocycles. The first-order valence-electron chi connectivity index (χ1n) is 4.54. The second kappa shape index (κ2) is 4.97.